The van der Waals surface area contributed by atoms with Gasteiger partial charge in [-0.3, -0.25) is 9.59 Å². The van der Waals surface area contributed by atoms with Crippen LogP contribution in [0, 0.1) is 11.3 Å². The molecule has 21 heavy (non-hydrogen) atoms. The number of anilines is 1. The van der Waals surface area contributed by atoms with Crippen molar-refractivity contribution in [3.63, 3.8) is 0 Å². The highest BCUT2D eigenvalue weighted by atomic mass is 16.2. The van der Waals surface area contributed by atoms with Crippen molar-refractivity contribution in [2.75, 3.05) is 11.9 Å². The van der Waals surface area contributed by atoms with Gasteiger partial charge in [-0.15, -0.1) is 0 Å². The number of fused-ring (bicyclic) bond motifs is 1. The van der Waals surface area contributed by atoms with E-state index in [1.165, 1.54) is 12.8 Å². The van der Waals surface area contributed by atoms with Crippen LogP contribution in [0.15, 0.2) is 18.2 Å². The highest BCUT2D eigenvalue weighted by Gasteiger charge is 2.45. The van der Waals surface area contributed by atoms with Gasteiger partial charge in [-0.05, 0) is 54.4 Å². The Balaban J connectivity index is 1.67. The van der Waals surface area contributed by atoms with Crippen LogP contribution in [0.25, 0.3) is 0 Å². The molecule has 1 fully saturated rings. The first-order valence-corrected chi connectivity index (χ1v) is 7.71. The number of aryl methyl sites for hydroxylation is 1. The first-order chi connectivity index (χ1) is 10.00. The second kappa shape index (κ2) is 5.17. The van der Waals surface area contributed by atoms with E-state index in [0.717, 1.165) is 17.8 Å². The number of benzene rings is 1. The minimum atomic E-state index is -0.0124. The number of hydrogen-bond acceptors (Lipinski definition) is 2. The summed E-state index contributed by atoms with van der Waals surface area (Å²) in [6, 6.07) is 5.52. The Morgan fingerprint density at radius 3 is 2.76 bits per heavy atom. The number of amides is 2. The summed E-state index contributed by atoms with van der Waals surface area (Å²) in [5.41, 5.74) is 2.89. The summed E-state index contributed by atoms with van der Waals surface area (Å²) in [5, 5.41) is 5.91. The Bertz CT molecular complexity index is 588. The highest BCUT2D eigenvalue weighted by molar-refractivity contribution is 5.97. The van der Waals surface area contributed by atoms with Crippen molar-refractivity contribution in [3.05, 3.63) is 29.3 Å². The Kier molecular flexibility index (Phi) is 3.47. The van der Waals surface area contributed by atoms with E-state index in [-0.39, 0.29) is 11.8 Å². The molecule has 2 aliphatic rings. The molecule has 1 aliphatic carbocycles. The smallest absolute Gasteiger partial charge is 0.251 e. The lowest BCUT2D eigenvalue weighted by atomic mass is 9.92. The molecule has 4 nitrogen and oxygen atoms in total. The van der Waals surface area contributed by atoms with Crippen LogP contribution >= 0.6 is 0 Å². The molecule has 4 heteroatoms. The zero-order valence-corrected chi connectivity index (χ0v) is 12.7. The van der Waals surface area contributed by atoms with E-state index in [2.05, 4.69) is 24.5 Å². The van der Waals surface area contributed by atoms with Gasteiger partial charge in [-0.2, -0.15) is 0 Å². The van der Waals surface area contributed by atoms with E-state index >= 15 is 0 Å². The molecule has 1 aromatic carbocycles. The van der Waals surface area contributed by atoms with Crippen molar-refractivity contribution in [1.82, 2.24) is 5.32 Å². The van der Waals surface area contributed by atoms with Crippen molar-refractivity contribution in [3.8, 4) is 0 Å². The van der Waals surface area contributed by atoms with Gasteiger partial charge in [0.15, 0.2) is 0 Å². The number of hydrogen-bond donors (Lipinski definition) is 2. The molecular weight excluding hydrogens is 264 g/mol. The standard InChI is InChI=1S/C17H22N2O2/c1-11(2)17(7-8-17)10-18-16(21)13-3-5-14-12(9-13)4-6-15(20)19-14/h3,5,9,11H,4,6-8,10H2,1-2H3,(H,18,21)(H,19,20). The van der Waals surface area contributed by atoms with E-state index in [9.17, 15) is 9.59 Å². The van der Waals surface area contributed by atoms with Crippen molar-refractivity contribution in [2.24, 2.45) is 11.3 Å². The summed E-state index contributed by atoms with van der Waals surface area (Å²) < 4.78 is 0. The first kappa shape index (κ1) is 14.1. The van der Waals surface area contributed by atoms with Gasteiger partial charge < -0.3 is 10.6 Å². The zero-order chi connectivity index (χ0) is 15.0. The van der Waals surface area contributed by atoms with Gasteiger partial charge in [0.2, 0.25) is 5.91 Å². The Morgan fingerprint density at radius 1 is 1.33 bits per heavy atom. The summed E-state index contributed by atoms with van der Waals surface area (Å²) in [4.78, 5) is 23.6. The van der Waals surface area contributed by atoms with Crippen molar-refractivity contribution >= 4 is 17.5 Å². The molecule has 0 saturated heterocycles. The van der Waals surface area contributed by atoms with Crippen LogP contribution in [0.3, 0.4) is 0 Å². The Morgan fingerprint density at radius 2 is 2.10 bits per heavy atom. The lowest BCUT2D eigenvalue weighted by Gasteiger charge is -2.21. The molecule has 1 aliphatic heterocycles. The molecule has 2 amide bonds. The summed E-state index contributed by atoms with van der Waals surface area (Å²) in [6.07, 6.45) is 3.62. The summed E-state index contributed by atoms with van der Waals surface area (Å²) >= 11 is 0. The normalized spacial score (nSPS) is 18.9. The molecule has 112 valence electrons. The molecule has 0 atom stereocenters. The molecule has 3 rings (SSSR count). The molecule has 1 aromatic rings. The molecule has 0 unspecified atom stereocenters. The predicted octanol–water partition coefficient (Wildman–Crippen LogP) is 2.74. The average molecular weight is 286 g/mol. The quantitative estimate of drug-likeness (QED) is 0.894. The molecule has 1 saturated carbocycles. The number of carbonyl (C=O) groups excluding carboxylic acids is 2. The van der Waals surface area contributed by atoms with Gasteiger partial charge in [0.05, 0.1) is 0 Å². The van der Waals surface area contributed by atoms with Gasteiger partial charge in [0, 0.05) is 24.2 Å². The minimum absolute atomic E-state index is 0.0124. The molecular formula is C17H22N2O2. The maximum Gasteiger partial charge on any atom is 0.251 e. The van der Waals surface area contributed by atoms with Crippen LogP contribution in [0.5, 0.6) is 0 Å². The third kappa shape index (κ3) is 2.80. The lowest BCUT2D eigenvalue weighted by molar-refractivity contribution is -0.116. The fraction of sp³-hybridized carbons (Fsp3) is 0.529. The van der Waals surface area contributed by atoms with E-state index in [0.29, 0.717) is 29.7 Å². The third-order valence-corrected chi connectivity index (χ3v) is 4.98. The third-order valence-electron chi connectivity index (χ3n) is 4.98. The second-order valence-corrected chi connectivity index (χ2v) is 6.62. The van der Waals surface area contributed by atoms with Gasteiger partial charge in [-0.25, -0.2) is 0 Å². The topological polar surface area (TPSA) is 58.2 Å². The van der Waals surface area contributed by atoms with Crippen LogP contribution in [0.2, 0.25) is 0 Å². The van der Waals surface area contributed by atoms with Crippen molar-refractivity contribution in [1.29, 1.82) is 0 Å². The highest BCUT2D eigenvalue weighted by Crippen LogP contribution is 2.51. The first-order valence-electron chi connectivity index (χ1n) is 7.71. The van der Waals surface area contributed by atoms with Gasteiger partial charge in [-0.1, -0.05) is 13.8 Å². The summed E-state index contributed by atoms with van der Waals surface area (Å²) in [7, 11) is 0. The maximum atomic E-state index is 12.3. The summed E-state index contributed by atoms with van der Waals surface area (Å²) in [5.74, 6) is 0.644. The van der Waals surface area contributed by atoms with E-state index in [1.54, 1.807) is 6.07 Å². The van der Waals surface area contributed by atoms with E-state index < -0.39 is 0 Å². The van der Waals surface area contributed by atoms with Gasteiger partial charge in [0.1, 0.15) is 0 Å². The van der Waals surface area contributed by atoms with Crippen molar-refractivity contribution in [2.45, 2.75) is 39.5 Å². The average Bonchev–Trinajstić information content (AvgIpc) is 3.25. The summed E-state index contributed by atoms with van der Waals surface area (Å²) in [6.45, 7) is 5.21. The minimum Gasteiger partial charge on any atom is -0.351 e. The Hall–Kier alpha value is -1.84. The molecule has 0 spiro atoms. The predicted molar refractivity (Wildman–Crippen MR) is 82.2 cm³/mol. The van der Waals surface area contributed by atoms with Crippen molar-refractivity contribution < 1.29 is 9.59 Å². The van der Waals surface area contributed by atoms with Crippen LogP contribution in [0.1, 0.15) is 49.0 Å². The van der Waals surface area contributed by atoms with Gasteiger partial charge >= 0.3 is 0 Å². The SMILES string of the molecule is CC(C)C1(CNC(=O)c2ccc3c(c2)CCC(=O)N3)CC1. The Labute approximate surface area is 125 Å². The van der Waals surface area contributed by atoms with Crippen LogP contribution in [-0.2, 0) is 11.2 Å². The maximum absolute atomic E-state index is 12.3. The largest absolute Gasteiger partial charge is 0.351 e. The monoisotopic (exact) mass is 286 g/mol. The fourth-order valence-corrected chi connectivity index (χ4v) is 3.00. The van der Waals surface area contributed by atoms with Gasteiger partial charge in [0.25, 0.3) is 5.91 Å². The van der Waals surface area contributed by atoms with E-state index in [1.807, 2.05) is 12.1 Å². The fourth-order valence-electron chi connectivity index (χ4n) is 3.00. The zero-order valence-electron chi connectivity index (χ0n) is 12.7. The molecule has 0 aromatic heterocycles. The molecule has 2 N–H and O–H groups in total. The number of rotatable bonds is 4. The van der Waals surface area contributed by atoms with Crippen LogP contribution in [-0.4, -0.2) is 18.4 Å². The molecule has 1 heterocycles. The molecule has 0 bridgehead atoms. The van der Waals surface area contributed by atoms with Crippen LogP contribution in [0.4, 0.5) is 5.69 Å². The van der Waals surface area contributed by atoms with Crippen LogP contribution < -0.4 is 10.6 Å². The number of nitrogens with one attached hydrogen (secondary N) is 2. The number of carbonyl (C=O) groups is 2. The second-order valence-electron chi connectivity index (χ2n) is 6.62. The lowest BCUT2D eigenvalue weighted by Crippen LogP contribution is -2.32. The molecule has 0 radical (unpaired) electrons. The van der Waals surface area contributed by atoms with E-state index in [4.69, 9.17) is 0 Å².